The van der Waals surface area contributed by atoms with Crippen LogP contribution in [0.2, 0.25) is 0 Å². The molecular weight excluding hydrogens is 309 g/mol. The predicted molar refractivity (Wildman–Crippen MR) is 65.8 cm³/mol. The van der Waals surface area contributed by atoms with E-state index in [9.17, 15) is 14.9 Å². The molecule has 4 nitrogen and oxygen atoms in total. The average molecular weight is 317 g/mol. The van der Waals surface area contributed by atoms with Gasteiger partial charge in [-0.25, -0.2) is 0 Å². The molecule has 0 atom stereocenters. The van der Waals surface area contributed by atoms with Crippen molar-refractivity contribution in [1.82, 2.24) is 0 Å². The highest BCUT2D eigenvalue weighted by Gasteiger charge is 2.03. The second kappa shape index (κ2) is 5.01. The van der Waals surface area contributed by atoms with Crippen molar-refractivity contribution in [2.45, 2.75) is 6.92 Å². The van der Waals surface area contributed by atoms with Crippen LogP contribution in [0.5, 0.6) is 0 Å². The summed E-state index contributed by atoms with van der Waals surface area (Å²) in [4.78, 5) is 20.9. The standard InChI is InChI=1S/C10H8INO3/c1-7(13)10(11)6-8-2-4-9(5-3-8)12(14)15/h2-6H,1H3/b10-6-. The quantitative estimate of drug-likeness (QED) is 0.373. The lowest BCUT2D eigenvalue weighted by Crippen LogP contribution is -1.89. The van der Waals surface area contributed by atoms with Gasteiger partial charge < -0.3 is 0 Å². The summed E-state index contributed by atoms with van der Waals surface area (Å²) in [6.07, 6.45) is 1.69. The maximum Gasteiger partial charge on any atom is 0.269 e. The van der Waals surface area contributed by atoms with Gasteiger partial charge in [0.15, 0.2) is 5.78 Å². The first-order valence-corrected chi connectivity index (χ1v) is 5.21. The van der Waals surface area contributed by atoms with E-state index in [1.54, 1.807) is 18.2 Å². The van der Waals surface area contributed by atoms with E-state index in [0.29, 0.717) is 3.58 Å². The third-order valence-corrected chi connectivity index (χ3v) is 2.80. The normalized spacial score (nSPS) is 11.2. The zero-order valence-electron chi connectivity index (χ0n) is 7.94. The summed E-state index contributed by atoms with van der Waals surface area (Å²) < 4.78 is 0.599. The monoisotopic (exact) mass is 317 g/mol. The Bertz CT molecular complexity index is 423. The molecule has 0 amide bonds. The molecule has 0 heterocycles. The second-order valence-corrected chi connectivity index (χ2v) is 4.06. The fourth-order valence-electron chi connectivity index (χ4n) is 0.940. The van der Waals surface area contributed by atoms with Crippen molar-refractivity contribution < 1.29 is 9.72 Å². The molecule has 0 saturated heterocycles. The summed E-state index contributed by atoms with van der Waals surface area (Å²) in [6.45, 7) is 1.48. The van der Waals surface area contributed by atoms with Crippen molar-refractivity contribution >= 4 is 40.1 Å². The Kier molecular flexibility index (Phi) is 3.96. The molecule has 15 heavy (non-hydrogen) atoms. The van der Waals surface area contributed by atoms with Crippen LogP contribution in [0.3, 0.4) is 0 Å². The highest BCUT2D eigenvalue weighted by atomic mass is 127. The number of hydrogen-bond acceptors (Lipinski definition) is 3. The third kappa shape index (κ3) is 3.43. The van der Waals surface area contributed by atoms with Gasteiger partial charge in [-0.3, -0.25) is 14.9 Å². The Morgan fingerprint density at radius 1 is 1.40 bits per heavy atom. The van der Waals surface area contributed by atoms with Gasteiger partial charge in [0.2, 0.25) is 0 Å². The zero-order valence-corrected chi connectivity index (χ0v) is 10.1. The van der Waals surface area contributed by atoms with Gasteiger partial charge in [-0.1, -0.05) is 0 Å². The van der Waals surface area contributed by atoms with E-state index >= 15 is 0 Å². The van der Waals surface area contributed by atoms with Crippen LogP contribution in [-0.4, -0.2) is 10.7 Å². The minimum absolute atomic E-state index is 0.0195. The highest BCUT2D eigenvalue weighted by molar-refractivity contribution is 14.1. The van der Waals surface area contributed by atoms with Crippen LogP contribution in [-0.2, 0) is 4.79 Å². The van der Waals surface area contributed by atoms with Gasteiger partial charge in [0.25, 0.3) is 5.69 Å². The molecule has 0 aliphatic rings. The number of ketones is 1. The van der Waals surface area contributed by atoms with Crippen molar-refractivity contribution in [3.8, 4) is 0 Å². The fourth-order valence-corrected chi connectivity index (χ4v) is 1.30. The van der Waals surface area contributed by atoms with Crippen LogP contribution in [0.4, 0.5) is 5.69 Å². The first-order chi connectivity index (χ1) is 7.00. The van der Waals surface area contributed by atoms with Crippen LogP contribution in [0.25, 0.3) is 6.08 Å². The molecule has 0 bridgehead atoms. The molecule has 0 fully saturated rings. The highest BCUT2D eigenvalue weighted by Crippen LogP contribution is 2.17. The van der Waals surface area contributed by atoms with E-state index in [2.05, 4.69) is 0 Å². The molecular formula is C10H8INO3. The lowest BCUT2D eigenvalue weighted by Gasteiger charge is -1.95. The van der Waals surface area contributed by atoms with E-state index in [1.807, 2.05) is 22.6 Å². The first-order valence-electron chi connectivity index (χ1n) is 4.13. The molecule has 0 radical (unpaired) electrons. The summed E-state index contributed by atoms with van der Waals surface area (Å²) in [6, 6.07) is 6.05. The maximum absolute atomic E-state index is 10.9. The van der Waals surface area contributed by atoms with Crippen molar-refractivity contribution in [3.05, 3.63) is 43.5 Å². The minimum Gasteiger partial charge on any atom is -0.294 e. The molecule has 0 unspecified atom stereocenters. The number of carbonyl (C=O) groups excluding carboxylic acids is 1. The van der Waals surface area contributed by atoms with Crippen LogP contribution < -0.4 is 0 Å². The van der Waals surface area contributed by atoms with E-state index in [4.69, 9.17) is 0 Å². The largest absolute Gasteiger partial charge is 0.294 e. The number of non-ortho nitro benzene ring substituents is 1. The molecule has 1 aromatic carbocycles. The predicted octanol–water partition coefficient (Wildman–Crippen LogP) is 2.96. The Hall–Kier alpha value is -1.24. The van der Waals surface area contributed by atoms with Gasteiger partial charge in [0.1, 0.15) is 0 Å². The number of hydrogen-bond donors (Lipinski definition) is 0. The van der Waals surface area contributed by atoms with Gasteiger partial charge in [0, 0.05) is 12.1 Å². The van der Waals surface area contributed by atoms with Gasteiger partial charge in [-0.05, 0) is 53.3 Å². The zero-order chi connectivity index (χ0) is 11.4. The van der Waals surface area contributed by atoms with Crippen molar-refractivity contribution in [2.75, 3.05) is 0 Å². The van der Waals surface area contributed by atoms with Gasteiger partial charge >= 0.3 is 0 Å². The molecule has 5 heteroatoms. The number of carbonyl (C=O) groups is 1. The van der Waals surface area contributed by atoms with Crippen LogP contribution in [0.15, 0.2) is 27.8 Å². The van der Waals surface area contributed by atoms with E-state index in [1.165, 1.54) is 19.1 Å². The van der Waals surface area contributed by atoms with Crippen molar-refractivity contribution in [2.24, 2.45) is 0 Å². The van der Waals surface area contributed by atoms with E-state index in [-0.39, 0.29) is 11.5 Å². The molecule has 1 aromatic rings. The summed E-state index contributed by atoms with van der Waals surface area (Å²) in [7, 11) is 0. The molecule has 0 aromatic heterocycles. The lowest BCUT2D eigenvalue weighted by molar-refractivity contribution is -0.384. The summed E-state index contributed by atoms with van der Waals surface area (Å²) in [5.41, 5.74) is 0.824. The topological polar surface area (TPSA) is 60.2 Å². The van der Waals surface area contributed by atoms with Crippen molar-refractivity contribution in [1.29, 1.82) is 0 Å². The van der Waals surface area contributed by atoms with Gasteiger partial charge in [0.05, 0.1) is 8.50 Å². The van der Waals surface area contributed by atoms with Crippen LogP contribution in [0, 0.1) is 10.1 Å². The number of Topliss-reactive ketones (excluding diaryl/α,β-unsaturated/α-hetero) is 1. The van der Waals surface area contributed by atoms with Gasteiger partial charge in [-0.15, -0.1) is 0 Å². The molecule has 0 saturated carbocycles. The first kappa shape index (κ1) is 11.8. The summed E-state index contributed by atoms with van der Waals surface area (Å²) in [5.74, 6) is -0.0195. The lowest BCUT2D eigenvalue weighted by atomic mass is 10.2. The van der Waals surface area contributed by atoms with Crippen LogP contribution >= 0.6 is 22.6 Å². The second-order valence-electron chi connectivity index (χ2n) is 2.90. The van der Waals surface area contributed by atoms with E-state index < -0.39 is 4.92 Å². The Morgan fingerprint density at radius 3 is 2.33 bits per heavy atom. The number of rotatable bonds is 3. The number of nitrogens with zero attached hydrogens (tertiary/aromatic N) is 1. The number of allylic oxidation sites excluding steroid dienone is 1. The van der Waals surface area contributed by atoms with Crippen LogP contribution in [0.1, 0.15) is 12.5 Å². The van der Waals surface area contributed by atoms with Crippen molar-refractivity contribution in [3.63, 3.8) is 0 Å². The van der Waals surface area contributed by atoms with Gasteiger partial charge in [-0.2, -0.15) is 0 Å². The summed E-state index contributed by atoms with van der Waals surface area (Å²) in [5, 5.41) is 10.4. The number of nitro benzene ring substituents is 1. The average Bonchev–Trinajstić information content (AvgIpc) is 2.18. The minimum atomic E-state index is -0.455. The molecule has 0 aliphatic heterocycles. The Balaban J connectivity index is 2.95. The Morgan fingerprint density at radius 2 is 1.93 bits per heavy atom. The molecule has 0 aliphatic carbocycles. The molecule has 0 spiro atoms. The number of benzene rings is 1. The third-order valence-electron chi connectivity index (χ3n) is 1.73. The molecule has 1 rings (SSSR count). The smallest absolute Gasteiger partial charge is 0.269 e. The summed E-state index contributed by atoms with van der Waals surface area (Å²) >= 11 is 1.93. The SMILES string of the molecule is CC(=O)/C(I)=C/c1ccc([N+](=O)[O-])cc1. The molecule has 78 valence electrons. The van der Waals surface area contributed by atoms with E-state index in [0.717, 1.165) is 5.56 Å². The number of nitro groups is 1. The Labute approximate surface area is 100 Å². The number of halogens is 1. The maximum atomic E-state index is 10.9. The fraction of sp³-hybridized carbons (Fsp3) is 0.100. The molecule has 0 N–H and O–H groups in total.